The molecule has 1 unspecified atom stereocenters. The van der Waals surface area contributed by atoms with Crippen LogP contribution in [0.4, 0.5) is 4.79 Å². The summed E-state index contributed by atoms with van der Waals surface area (Å²) in [4.78, 5) is 29.3. The van der Waals surface area contributed by atoms with Crippen LogP contribution in [0.25, 0.3) is 5.57 Å². The predicted octanol–water partition coefficient (Wildman–Crippen LogP) is 3.55. The molecule has 2 aliphatic rings. The number of rotatable bonds is 2. The van der Waals surface area contributed by atoms with E-state index in [0.717, 1.165) is 22.3 Å². The van der Waals surface area contributed by atoms with Crippen molar-refractivity contribution in [1.82, 2.24) is 14.4 Å². The van der Waals surface area contributed by atoms with Gasteiger partial charge in [-0.2, -0.15) is 0 Å². The number of pyridine rings is 1. The summed E-state index contributed by atoms with van der Waals surface area (Å²) in [6.07, 6.45) is 8.55. The van der Waals surface area contributed by atoms with Crippen molar-refractivity contribution in [2.75, 3.05) is 13.6 Å². The van der Waals surface area contributed by atoms with Gasteiger partial charge in [-0.1, -0.05) is 19.9 Å². The maximum Gasteiger partial charge on any atom is 0.410 e. The van der Waals surface area contributed by atoms with E-state index < -0.39 is 5.60 Å². The van der Waals surface area contributed by atoms with Gasteiger partial charge in [0, 0.05) is 44.0 Å². The molecule has 6 nitrogen and oxygen atoms in total. The van der Waals surface area contributed by atoms with Gasteiger partial charge in [0.2, 0.25) is 0 Å². The number of aromatic nitrogens is 1. The number of ether oxygens (including phenoxy) is 1. The average Bonchev–Trinajstić information content (AvgIpc) is 2.63. The number of nitrogens with zero attached hydrogens (tertiary/aromatic N) is 3. The average molecular weight is 400 g/mol. The van der Waals surface area contributed by atoms with E-state index in [1.807, 2.05) is 27.0 Å². The Morgan fingerprint density at radius 2 is 1.90 bits per heavy atom. The molecule has 1 aromatic rings. The Balaban J connectivity index is 2.02. The second-order valence-corrected chi connectivity index (χ2v) is 9.41. The largest absolute Gasteiger partial charge is 0.444 e. The number of carbonyl (C=O) groups is 1. The molecule has 0 aliphatic carbocycles. The van der Waals surface area contributed by atoms with Crippen LogP contribution in [0, 0.1) is 5.92 Å². The molecule has 1 atom stereocenters. The minimum absolute atomic E-state index is 0.0190. The van der Waals surface area contributed by atoms with Crippen LogP contribution in [0.2, 0.25) is 0 Å². The van der Waals surface area contributed by atoms with Crippen LogP contribution < -0.4 is 5.56 Å². The van der Waals surface area contributed by atoms with Crippen molar-refractivity contribution in [2.24, 2.45) is 13.0 Å². The Morgan fingerprint density at radius 3 is 2.52 bits per heavy atom. The van der Waals surface area contributed by atoms with Crippen LogP contribution in [0.15, 0.2) is 29.3 Å². The highest BCUT2D eigenvalue weighted by molar-refractivity contribution is 5.78. The van der Waals surface area contributed by atoms with Crippen molar-refractivity contribution in [3.63, 3.8) is 0 Å². The van der Waals surface area contributed by atoms with Crippen LogP contribution >= 0.6 is 0 Å². The molecule has 0 fully saturated rings. The number of hydrogen-bond donors (Lipinski definition) is 0. The van der Waals surface area contributed by atoms with Crippen molar-refractivity contribution >= 4 is 11.7 Å². The summed E-state index contributed by atoms with van der Waals surface area (Å²) in [5.74, 6) is 0.460. The van der Waals surface area contributed by atoms with E-state index in [2.05, 4.69) is 44.1 Å². The molecular formula is C23H33N3O3. The normalized spacial score (nSPS) is 19.3. The lowest BCUT2D eigenvalue weighted by Crippen LogP contribution is -2.42. The lowest BCUT2D eigenvalue weighted by molar-refractivity contribution is 0.0223. The van der Waals surface area contributed by atoms with Crippen molar-refractivity contribution in [2.45, 2.75) is 59.2 Å². The first-order valence-electron chi connectivity index (χ1n) is 10.3. The minimum Gasteiger partial charge on any atom is -0.444 e. The van der Waals surface area contributed by atoms with Gasteiger partial charge in [-0.25, -0.2) is 4.79 Å². The van der Waals surface area contributed by atoms with Crippen LogP contribution in [0.5, 0.6) is 0 Å². The van der Waals surface area contributed by atoms with Gasteiger partial charge in [-0.3, -0.25) is 4.79 Å². The van der Waals surface area contributed by atoms with Gasteiger partial charge < -0.3 is 19.1 Å². The van der Waals surface area contributed by atoms with Crippen LogP contribution in [0.3, 0.4) is 0 Å². The summed E-state index contributed by atoms with van der Waals surface area (Å²) in [7, 11) is 3.88. The van der Waals surface area contributed by atoms with Crippen molar-refractivity contribution in [1.29, 1.82) is 0 Å². The first kappa shape index (κ1) is 21.2. The number of hydrogen-bond acceptors (Lipinski definition) is 4. The second-order valence-electron chi connectivity index (χ2n) is 9.41. The number of likely N-dealkylation sites (N-methyl/N-ethyl adjacent to an activating group) is 1. The molecular weight excluding hydrogens is 366 g/mol. The highest BCUT2D eigenvalue weighted by Gasteiger charge is 2.30. The molecule has 0 radical (unpaired) electrons. The molecule has 1 aromatic heterocycles. The number of allylic oxidation sites excluding steroid dienone is 2. The molecule has 0 spiro atoms. The van der Waals surface area contributed by atoms with Gasteiger partial charge in [0.25, 0.3) is 5.56 Å². The number of amides is 1. The van der Waals surface area contributed by atoms with Gasteiger partial charge in [0.05, 0.1) is 6.54 Å². The molecule has 3 rings (SSSR count). The molecule has 3 heterocycles. The van der Waals surface area contributed by atoms with Crippen LogP contribution in [0.1, 0.15) is 51.3 Å². The van der Waals surface area contributed by atoms with E-state index in [9.17, 15) is 9.59 Å². The van der Waals surface area contributed by atoms with Crippen molar-refractivity contribution < 1.29 is 9.53 Å². The van der Waals surface area contributed by atoms with E-state index in [4.69, 9.17) is 4.74 Å². The third kappa shape index (κ3) is 4.41. The van der Waals surface area contributed by atoms with E-state index in [1.165, 1.54) is 0 Å². The Morgan fingerprint density at radius 1 is 1.21 bits per heavy atom. The van der Waals surface area contributed by atoms with Gasteiger partial charge in [-0.15, -0.1) is 0 Å². The maximum absolute atomic E-state index is 12.8. The molecule has 6 heteroatoms. The molecule has 29 heavy (non-hydrogen) atoms. The lowest BCUT2D eigenvalue weighted by atomic mass is 9.89. The molecule has 0 N–H and O–H groups in total. The summed E-state index contributed by atoms with van der Waals surface area (Å²) >= 11 is 0. The third-order valence-corrected chi connectivity index (χ3v) is 5.53. The van der Waals surface area contributed by atoms with Gasteiger partial charge in [0.15, 0.2) is 0 Å². The predicted molar refractivity (Wildman–Crippen MR) is 116 cm³/mol. The topological polar surface area (TPSA) is 54.8 Å². The molecule has 1 amide bonds. The molecule has 0 bridgehead atoms. The van der Waals surface area contributed by atoms with Gasteiger partial charge in [-0.05, 0) is 56.5 Å². The van der Waals surface area contributed by atoms with E-state index in [-0.39, 0.29) is 17.7 Å². The Labute approximate surface area is 173 Å². The van der Waals surface area contributed by atoms with Crippen LogP contribution in [-0.2, 0) is 24.8 Å². The molecule has 158 valence electrons. The zero-order valence-corrected chi connectivity index (χ0v) is 18.7. The first-order chi connectivity index (χ1) is 13.5. The fourth-order valence-electron chi connectivity index (χ4n) is 4.02. The SMILES string of the molecule is CC(C)C1C=C(c2cn(C)c(=O)c3c2CN(C(=O)OC(C)(C)C)CC3)C=CN1C. The van der Waals surface area contributed by atoms with Gasteiger partial charge >= 0.3 is 6.09 Å². The fraction of sp³-hybridized carbons (Fsp3) is 0.565. The smallest absolute Gasteiger partial charge is 0.410 e. The lowest BCUT2D eigenvalue weighted by Gasteiger charge is -2.34. The summed E-state index contributed by atoms with van der Waals surface area (Å²) in [5, 5.41) is 0. The van der Waals surface area contributed by atoms with Crippen molar-refractivity contribution in [3.8, 4) is 0 Å². The summed E-state index contributed by atoms with van der Waals surface area (Å²) in [6.45, 7) is 10.9. The number of fused-ring (bicyclic) bond motifs is 1. The van der Waals surface area contributed by atoms with E-state index >= 15 is 0 Å². The Hall–Kier alpha value is -2.50. The standard InChI is InChI=1S/C23H33N3O3/c1-15(2)20-12-16(8-10-24(20)6)18-13-25(7)21(27)17-9-11-26(14-19(17)18)22(28)29-23(3,4)5/h8,10,12-13,15,20H,9,11,14H2,1-7H3. The Kier molecular flexibility index (Phi) is 5.65. The monoisotopic (exact) mass is 399 g/mol. The Bertz CT molecular complexity index is 919. The highest BCUT2D eigenvalue weighted by Crippen LogP contribution is 2.31. The zero-order valence-electron chi connectivity index (χ0n) is 18.7. The minimum atomic E-state index is -0.545. The first-order valence-corrected chi connectivity index (χ1v) is 10.3. The van der Waals surface area contributed by atoms with Crippen molar-refractivity contribution in [3.05, 3.63) is 51.6 Å². The maximum atomic E-state index is 12.8. The van der Waals surface area contributed by atoms with Crippen LogP contribution in [-0.4, -0.2) is 45.7 Å². The zero-order chi connectivity index (χ0) is 21.5. The van der Waals surface area contributed by atoms with Gasteiger partial charge in [0.1, 0.15) is 5.60 Å². The summed E-state index contributed by atoms with van der Waals surface area (Å²) in [5.41, 5.74) is 3.33. The van der Waals surface area contributed by atoms with E-state index in [0.29, 0.717) is 25.4 Å². The highest BCUT2D eigenvalue weighted by atomic mass is 16.6. The quantitative estimate of drug-likeness (QED) is 0.763. The summed E-state index contributed by atoms with van der Waals surface area (Å²) < 4.78 is 7.22. The molecule has 0 aromatic carbocycles. The van der Waals surface area contributed by atoms with E-state index in [1.54, 1.807) is 16.5 Å². The number of aryl methyl sites for hydroxylation is 1. The molecule has 2 aliphatic heterocycles. The second kappa shape index (κ2) is 7.73. The molecule has 0 saturated carbocycles. The third-order valence-electron chi connectivity index (χ3n) is 5.53. The number of carbonyl (C=O) groups excluding carboxylic acids is 1. The summed E-state index contributed by atoms with van der Waals surface area (Å²) in [6, 6.07) is 0.286. The molecule has 0 saturated heterocycles. The fourth-order valence-corrected chi connectivity index (χ4v) is 4.02.